The van der Waals surface area contributed by atoms with Crippen molar-refractivity contribution in [3.8, 4) is 5.13 Å². The molecule has 17 heavy (non-hydrogen) atoms. The lowest BCUT2D eigenvalue weighted by molar-refractivity contribution is 0.829. The van der Waals surface area contributed by atoms with Crippen molar-refractivity contribution in [2.45, 2.75) is 6.92 Å². The van der Waals surface area contributed by atoms with E-state index in [-0.39, 0.29) is 10.6 Å². The summed E-state index contributed by atoms with van der Waals surface area (Å²) in [6.45, 7) is 1.76. The minimum absolute atomic E-state index is 0.212. The summed E-state index contributed by atoms with van der Waals surface area (Å²) < 4.78 is 2.42. The van der Waals surface area contributed by atoms with Crippen LogP contribution in [0, 0.1) is 6.92 Å². The Kier molecular flexibility index (Phi) is 2.31. The standard InChI is InChI=1S/C11H8ClN3OS/c1-6-9(12)10(16)15(14-6)11-13-7-4-2-3-5-8(7)17-11/h2-5,14H,1H3. The third-order valence-electron chi connectivity index (χ3n) is 2.47. The minimum Gasteiger partial charge on any atom is -0.292 e. The molecule has 3 aromatic rings. The molecule has 2 aromatic heterocycles. The van der Waals surface area contributed by atoms with Crippen LogP contribution in [0.25, 0.3) is 15.3 Å². The zero-order valence-electron chi connectivity index (χ0n) is 8.90. The molecule has 0 aliphatic carbocycles. The molecule has 4 nitrogen and oxygen atoms in total. The van der Waals surface area contributed by atoms with Gasteiger partial charge in [0.2, 0.25) is 5.13 Å². The molecule has 0 spiro atoms. The minimum atomic E-state index is -0.261. The molecule has 1 aromatic carbocycles. The van der Waals surface area contributed by atoms with Gasteiger partial charge in [-0.15, -0.1) is 0 Å². The summed E-state index contributed by atoms with van der Waals surface area (Å²) in [4.78, 5) is 16.2. The molecular weight excluding hydrogens is 258 g/mol. The van der Waals surface area contributed by atoms with Crippen LogP contribution in [0.3, 0.4) is 0 Å². The molecule has 1 N–H and O–H groups in total. The number of hydrogen-bond donors (Lipinski definition) is 1. The van der Waals surface area contributed by atoms with Crippen molar-refractivity contribution in [2.24, 2.45) is 0 Å². The molecular formula is C11H8ClN3OS. The fourth-order valence-electron chi connectivity index (χ4n) is 1.62. The van der Waals surface area contributed by atoms with E-state index in [2.05, 4.69) is 10.1 Å². The second kappa shape index (κ2) is 3.72. The van der Waals surface area contributed by atoms with Crippen LogP contribution in [0.4, 0.5) is 0 Å². The van der Waals surface area contributed by atoms with Crippen molar-refractivity contribution in [3.05, 3.63) is 45.3 Å². The maximum absolute atomic E-state index is 11.8. The molecule has 0 saturated heterocycles. The van der Waals surface area contributed by atoms with Crippen molar-refractivity contribution in [3.63, 3.8) is 0 Å². The summed E-state index contributed by atoms with van der Waals surface area (Å²) in [6.07, 6.45) is 0. The van der Waals surface area contributed by atoms with Gasteiger partial charge < -0.3 is 0 Å². The predicted molar refractivity (Wildman–Crippen MR) is 69.3 cm³/mol. The molecule has 0 aliphatic rings. The molecule has 0 atom stereocenters. The first kappa shape index (κ1) is 10.6. The number of nitrogens with zero attached hydrogens (tertiary/aromatic N) is 2. The van der Waals surface area contributed by atoms with Crippen LogP contribution in [-0.2, 0) is 0 Å². The number of thiazole rings is 1. The summed E-state index contributed by atoms with van der Waals surface area (Å²) in [5.74, 6) is 0. The average Bonchev–Trinajstić information content (AvgIpc) is 2.86. The third kappa shape index (κ3) is 1.59. The Morgan fingerprint density at radius 3 is 2.82 bits per heavy atom. The Bertz CT molecular complexity index is 723. The summed E-state index contributed by atoms with van der Waals surface area (Å²) >= 11 is 7.31. The van der Waals surface area contributed by atoms with Crippen LogP contribution in [-0.4, -0.2) is 14.8 Å². The van der Waals surface area contributed by atoms with Crippen LogP contribution in [0.15, 0.2) is 29.1 Å². The van der Waals surface area contributed by atoms with Gasteiger partial charge in [-0.1, -0.05) is 35.1 Å². The predicted octanol–water partition coefficient (Wildman–Crippen LogP) is 2.74. The maximum atomic E-state index is 11.8. The molecule has 0 aliphatic heterocycles. The van der Waals surface area contributed by atoms with Gasteiger partial charge in [0, 0.05) is 0 Å². The van der Waals surface area contributed by atoms with Gasteiger partial charge in [0.1, 0.15) is 5.02 Å². The van der Waals surface area contributed by atoms with Crippen LogP contribution in [0.5, 0.6) is 0 Å². The van der Waals surface area contributed by atoms with E-state index in [1.165, 1.54) is 16.0 Å². The van der Waals surface area contributed by atoms with Gasteiger partial charge in [0.05, 0.1) is 15.9 Å². The van der Waals surface area contributed by atoms with Gasteiger partial charge in [0.25, 0.3) is 5.56 Å². The highest BCUT2D eigenvalue weighted by atomic mass is 35.5. The molecule has 3 rings (SSSR count). The van der Waals surface area contributed by atoms with Crippen LogP contribution in [0.1, 0.15) is 5.69 Å². The molecule has 0 radical (unpaired) electrons. The highest BCUT2D eigenvalue weighted by molar-refractivity contribution is 7.20. The average molecular weight is 266 g/mol. The SMILES string of the molecule is Cc1[nH]n(-c2nc3ccccc3s2)c(=O)c1Cl. The number of halogens is 1. The van der Waals surface area contributed by atoms with Crippen molar-refractivity contribution in [1.82, 2.24) is 14.8 Å². The van der Waals surface area contributed by atoms with E-state index < -0.39 is 0 Å². The normalized spacial score (nSPS) is 11.2. The molecule has 2 heterocycles. The fourth-order valence-corrected chi connectivity index (χ4v) is 2.67. The highest BCUT2D eigenvalue weighted by Crippen LogP contribution is 2.23. The zero-order chi connectivity index (χ0) is 12.0. The Morgan fingerprint density at radius 1 is 1.41 bits per heavy atom. The number of para-hydroxylation sites is 1. The van der Waals surface area contributed by atoms with Crippen molar-refractivity contribution < 1.29 is 0 Å². The van der Waals surface area contributed by atoms with Gasteiger partial charge in [-0.25, -0.2) is 4.98 Å². The molecule has 86 valence electrons. The number of fused-ring (bicyclic) bond motifs is 1. The molecule has 0 fully saturated rings. The topological polar surface area (TPSA) is 50.7 Å². The maximum Gasteiger partial charge on any atom is 0.292 e. The first-order valence-electron chi connectivity index (χ1n) is 5.00. The first-order valence-corrected chi connectivity index (χ1v) is 6.19. The van der Waals surface area contributed by atoms with E-state index in [0.29, 0.717) is 10.8 Å². The molecule has 6 heteroatoms. The van der Waals surface area contributed by atoms with Gasteiger partial charge in [-0.3, -0.25) is 9.89 Å². The molecule has 0 amide bonds. The smallest absolute Gasteiger partial charge is 0.292 e. The highest BCUT2D eigenvalue weighted by Gasteiger charge is 2.13. The third-order valence-corrected chi connectivity index (χ3v) is 3.94. The van der Waals surface area contributed by atoms with Gasteiger partial charge >= 0.3 is 0 Å². The van der Waals surface area contributed by atoms with E-state index in [4.69, 9.17) is 11.6 Å². The van der Waals surface area contributed by atoms with Crippen molar-refractivity contribution >= 4 is 33.2 Å². The quantitative estimate of drug-likeness (QED) is 0.735. The van der Waals surface area contributed by atoms with E-state index in [1.807, 2.05) is 24.3 Å². The summed E-state index contributed by atoms with van der Waals surface area (Å²) in [5, 5.41) is 3.73. The Hall–Kier alpha value is -1.59. The molecule has 0 unspecified atom stereocenters. The lowest BCUT2D eigenvalue weighted by atomic mass is 10.3. The second-order valence-electron chi connectivity index (χ2n) is 3.66. The number of nitrogens with one attached hydrogen (secondary N) is 1. The first-order chi connectivity index (χ1) is 8.16. The van der Waals surface area contributed by atoms with Crippen LogP contribution in [0.2, 0.25) is 5.02 Å². The Morgan fingerprint density at radius 2 is 2.18 bits per heavy atom. The monoisotopic (exact) mass is 265 g/mol. The Labute approximate surface area is 105 Å². The van der Waals surface area contributed by atoms with E-state index in [9.17, 15) is 4.79 Å². The van der Waals surface area contributed by atoms with Gasteiger partial charge in [-0.05, 0) is 19.1 Å². The zero-order valence-corrected chi connectivity index (χ0v) is 10.5. The number of benzene rings is 1. The number of rotatable bonds is 1. The number of hydrogen-bond acceptors (Lipinski definition) is 3. The van der Waals surface area contributed by atoms with Crippen LogP contribution < -0.4 is 5.56 Å². The summed E-state index contributed by atoms with van der Waals surface area (Å²) in [7, 11) is 0. The summed E-state index contributed by atoms with van der Waals surface area (Å²) in [6, 6.07) is 7.75. The van der Waals surface area contributed by atoms with Crippen molar-refractivity contribution in [1.29, 1.82) is 0 Å². The fraction of sp³-hybridized carbons (Fsp3) is 0.0909. The lowest BCUT2D eigenvalue weighted by Crippen LogP contribution is -2.14. The number of aromatic nitrogens is 3. The van der Waals surface area contributed by atoms with E-state index in [1.54, 1.807) is 6.92 Å². The molecule has 0 saturated carbocycles. The van der Waals surface area contributed by atoms with Crippen molar-refractivity contribution in [2.75, 3.05) is 0 Å². The number of aromatic amines is 1. The number of H-pyrrole nitrogens is 1. The molecule has 0 bridgehead atoms. The second-order valence-corrected chi connectivity index (χ2v) is 5.04. The number of aryl methyl sites for hydroxylation is 1. The van der Waals surface area contributed by atoms with E-state index in [0.717, 1.165) is 10.2 Å². The lowest BCUT2D eigenvalue weighted by Gasteiger charge is -1.92. The van der Waals surface area contributed by atoms with Gasteiger partial charge in [-0.2, -0.15) is 4.68 Å². The van der Waals surface area contributed by atoms with Gasteiger partial charge in [0.15, 0.2) is 0 Å². The largest absolute Gasteiger partial charge is 0.292 e. The van der Waals surface area contributed by atoms with E-state index >= 15 is 0 Å². The van der Waals surface area contributed by atoms with Crippen LogP contribution >= 0.6 is 22.9 Å². The summed E-state index contributed by atoms with van der Waals surface area (Å²) in [5.41, 5.74) is 1.27. The Balaban J connectivity index is 2.27.